The van der Waals surface area contributed by atoms with Crippen molar-refractivity contribution >= 4 is 5.91 Å². The molecule has 3 nitrogen and oxygen atoms in total. The Balaban J connectivity index is 1.55. The molecule has 3 aliphatic rings. The molecule has 1 N–H and O–H groups in total. The van der Waals surface area contributed by atoms with Crippen LogP contribution in [0.5, 0.6) is 0 Å². The molecular formula is C12H16N2O. The van der Waals surface area contributed by atoms with E-state index in [1.54, 1.807) is 0 Å². The first-order valence-corrected chi connectivity index (χ1v) is 6.01. The number of nitrogens with one attached hydrogen (secondary N) is 1. The largest absolute Gasteiger partial charge is 0.340 e. The van der Waals surface area contributed by atoms with Crippen LogP contribution in [0.25, 0.3) is 0 Å². The number of hydrogen-bond donors (Lipinski definition) is 1. The van der Waals surface area contributed by atoms with Crippen LogP contribution in [-0.4, -0.2) is 11.9 Å². The highest BCUT2D eigenvalue weighted by molar-refractivity contribution is 5.83. The van der Waals surface area contributed by atoms with E-state index >= 15 is 0 Å². The number of hydrogen-bond acceptors (Lipinski definition) is 2. The smallest absolute Gasteiger partial charge is 0.224 e. The molecule has 0 spiro atoms. The molecular weight excluding hydrogens is 188 g/mol. The van der Waals surface area contributed by atoms with Gasteiger partial charge in [-0.25, -0.2) is 0 Å². The number of carbonyl (C=O) groups excluding carboxylic acids is 1. The molecule has 0 aromatic carbocycles. The highest BCUT2D eigenvalue weighted by atomic mass is 16.2. The van der Waals surface area contributed by atoms with Gasteiger partial charge in [-0.05, 0) is 43.4 Å². The van der Waals surface area contributed by atoms with Gasteiger partial charge in [-0.2, -0.15) is 5.26 Å². The van der Waals surface area contributed by atoms with Gasteiger partial charge in [-0.3, -0.25) is 4.79 Å². The van der Waals surface area contributed by atoms with E-state index in [-0.39, 0.29) is 17.9 Å². The van der Waals surface area contributed by atoms with Crippen LogP contribution in [0, 0.1) is 35.0 Å². The lowest BCUT2D eigenvalue weighted by molar-refractivity contribution is -0.123. The van der Waals surface area contributed by atoms with Crippen LogP contribution >= 0.6 is 0 Å². The average molecular weight is 204 g/mol. The molecule has 0 bridgehead atoms. The summed E-state index contributed by atoms with van der Waals surface area (Å²) in [6.07, 6.45) is 5.96. The summed E-state index contributed by atoms with van der Waals surface area (Å²) in [5, 5.41) is 11.8. The Morgan fingerprint density at radius 3 is 2.47 bits per heavy atom. The molecule has 0 saturated heterocycles. The predicted octanol–water partition coefficient (Wildman–Crippen LogP) is 1.45. The summed E-state index contributed by atoms with van der Waals surface area (Å²) in [7, 11) is 0. The van der Waals surface area contributed by atoms with Crippen molar-refractivity contribution in [3.05, 3.63) is 0 Å². The second-order valence-electron chi connectivity index (χ2n) is 5.24. The zero-order valence-corrected chi connectivity index (χ0v) is 8.78. The zero-order chi connectivity index (χ0) is 10.4. The molecule has 0 heterocycles. The van der Waals surface area contributed by atoms with Crippen LogP contribution < -0.4 is 5.32 Å². The van der Waals surface area contributed by atoms with E-state index in [1.807, 2.05) is 0 Å². The Labute approximate surface area is 89.8 Å². The highest BCUT2D eigenvalue weighted by Crippen LogP contribution is 2.57. The molecule has 3 atom stereocenters. The number of rotatable bonds is 3. The predicted molar refractivity (Wildman–Crippen MR) is 54.6 cm³/mol. The van der Waals surface area contributed by atoms with Gasteiger partial charge < -0.3 is 5.32 Å². The average Bonchev–Trinajstić information content (AvgIpc) is 3.15. The van der Waals surface area contributed by atoms with Gasteiger partial charge >= 0.3 is 0 Å². The normalized spacial score (nSPS) is 39.0. The van der Waals surface area contributed by atoms with Crippen molar-refractivity contribution in [2.45, 2.75) is 38.1 Å². The first-order valence-electron chi connectivity index (χ1n) is 6.01. The Bertz CT molecular complexity index is 319. The van der Waals surface area contributed by atoms with Gasteiger partial charge in [0.2, 0.25) is 5.91 Å². The molecule has 0 aromatic rings. The van der Waals surface area contributed by atoms with Gasteiger partial charge in [0.05, 0.1) is 6.07 Å². The van der Waals surface area contributed by atoms with Crippen molar-refractivity contribution < 1.29 is 4.79 Å². The first-order chi connectivity index (χ1) is 7.31. The second-order valence-corrected chi connectivity index (χ2v) is 5.24. The van der Waals surface area contributed by atoms with Crippen molar-refractivity contribution in [3.8, 4) is 6.07 Å². The molecule has 3 unspecified atom stereocenters. The lowest BCUT2D eigenvalue weighted by atomic mass is 10.1. The van der Waals surface area contributed by atoms with E-state index in [4.69, 9.17) is 5.26 Å². The fraction of sp³-hybridized carbons (Fsp3) is 0.833. The maximum atomic E-state index is 11.9. The summed E-state index contributed by atoms with van der Waals surface area (Å²) in [5.41, 5.74) is 0. The number of fused-ring (bicyclic) bond motifs is 1. The topological polar surface area (TPSA) is 52.9 Å². The minimum absolute atomic E-state index is 0.156. The number of amides is 1. The molecule has 3 aliphatic carbocycles. The quantitative estimate of drug-likeness (QED) is 0.756. The molecule has 3 heteroatoms. The summed E-state index contributed by atoms with van der Waals surface area (Å²) >= 11 is 0. The maximum Gasteiger partial charge on any atom is 0.224 e. The Hall–Kier alpha value is -1.04. The molecule has 3 rings (SSSR count). The van der Waals surface area contributed by atoms with E-state index in [9.17, 15) is 4.79 Å². The Morgan fingerprint density at radius 1 is 1.27 bits per heavy atom. The molecule has 0 radical (unpaired) electrons. The monoisotopic (exact) mass is 204 g/mol. The third-order valence-electron chi connectivity index (χ3n) is 4.24. The van der Waals surface area contributed by atoms with Crippen LogP contribution in [0.3, 0.4) is 0 Å². The third-order valence-corrected chi connectivity index (χ3v) is 4.24. The van der Waals surface area contributed by atoms with Gasteiger partial charge in [0.1, 0.15) is 6.04 Å². The van der Waals surface area contributed by atoms with Gasteiger partial charge in [0.15, 0.2) is 0 Å². The number of nitriles is 1. The van der Waals surface area contributed by atoms with Crippen molar-refractivity contribution in [1.82, 2.24) is 5.32 Å². The molecule has 80 valence electrons. The Morgan fingerprint density at radius 2 is 1.93 bits per heavy atom. The number of nitrogens with zero attached hydrogens (tertiary/aromatic N) is 1. The van der Waals surface area contributed by atoms with Crippen molar-refractivity contribution in [1.29, 1.82) is 5.26 Å². The lowest BCUT2D eigenvalue weighted by Gasteiger charge is -2.11. The van der Waals surface area contributed by atoms with Crippen molar-refractivity contribution in [2.24, 2.45) is 23.7 Å². The molecule has 15 heavy (non-hydrogen) atoms. The van der Waals surface area contributed by atoms with Crippen LogP contribution in [0.15, 0.2) is 0 Å². The molecule has 0 aliphatic heterocycles. The van der Waals surface area contributed by atoms with E-state index in [0.717, 1.165) is 12.8 Å². The zero-order valence-electron chi connectivity index (χ0n) is 8.78. The third kappa shape index (κ3) is 1.52. The van der Waals surface area contributed by atoms with E-state index in [2.05, 4.69) is 11.4 Å². The summed E-state index contributed by atoms with van der Waals surface area (Å²) in [6.45, 7) is 0. The van der Waals surface area contributed by atoms with E-state index in [0.29, 0.717) is 17.8 Å². The summed E-state index contributed by atoms with van der Waals surface area (Å²) in [4.78, 5) is 11.9. The summed E-state index contributed by atoms with van der Waals surface area (Å²) in [6, 6.07) is 2.00. The standard InChI is InChI=1S/C12H16N2O/c13-6-10(7-4-5-7)14-12(15)11-8-2-1-3-9(8)11/h7-11H,1-5H2,(H,14,15). The Kier molecular flexibility index (Phi) is 1.98. The minimum atomic E-state index is -0.209. The van der Waals surface area contributed by atoms with E-state index in [1.165, 1.54) is 19.3 Å². The second kappa shape index (κ2) is 3.23. The van der Waals surface area contributed by atoms with Crippen molar-refractivity contribution in [2.75, 3.05) is 0 Å². The van der Waals surface area contributed by atoms with E-state index < -0.39 is 0 Å². The summed E-state index contributed by atoms with van der Waals surface area (Å²) < 4.78 is 0. The van der Waals surface area contributed by atoms with Crippen LogP contribution in [-0.2, 0) is 4.79 Å². The van der Waals surface area contributed by atoms with Gasteiger partial charge in [0, 0.05) is 5.92 Å². The van der Waals surface area contributed by atoms with Crippen LogP contribution in [0.4, 0.5) is 0 Å². The number of carbonyl (C=O) groups is 1. The molecule has 0 aromatic heterocycles. The van der Waals surface area contributed by atoms with Crippen LogP contribution in [0.2, 0.25) is 0 Å². The molecule has 3 fully saturated rings. The molecule has 3 saturated carbocycles. The van der Waals surface area contributed by atoms with Gasteiger partial charge in [-0.1, -0.05) is 6.42 Å². The van der Waals surface area contributed by atoms with Gasteiger partial charge in [-0.15, -0.1) is 0 Å². The van der Waals surface area contributed by atoms with Crippen molar-refractivity contribution in [3.63, 3.8) is 0 Å². The molecule has 1 amide bonds. The minimum Gasteiger partial charge on any atom is -0.340 e. The summed E-state index contributed by atoms with van der Waals surface area (Å²) in [5.74, 6) is 2.17. The SMILES string of the molecule is N#CC(NC(=O)C1C2CCCC21)C1CC1. The fourth-order valence-electron chi connectivity index (χ4n) is 3.14. The van der Waals surface area contributed by atoms with Gasteiger partial charge in [0.25, 0.3) is 0 Å². The van der Waals surface area contributed by atoms with Crippen LogP contribution in [0.1, 0.15) is 32.1 Å². The maximum absolute atomic E-state index is 11.9. The highest BCUT2D eigenvalue weighted by Gasteiger charge is 2.56. The lowest BCUT2D eigenvalue weighted by Crippen LogP contribution is -2.37. The first kappa shape index (κ1) is 9.21. The fourth-order valence-corrected chi connectivity index (χ4v) is 3.14.